The predicted molar refractivity (Wildman–Crippen MR) is 60.4 cm³/mol. The van der Waals surface area contributed by atoms with Crippen LogP contribution in [0.25, 0.3) is 11.0 Å². The molecule has 2 N–H and O–H groups in total. The number of aromatic nitrogens is 2. The van der Waals surface area contributed by atoms with Gasteiger partial charge in [0.2, 0.25) is 0 Å². The second-order valence-electron chi connectivity index (χ2n) is 3.52. The van der Waals surface area contributed by atoms with Gasteiger partial charge in [-0.15, -0.1) is 0 Å². The first-order valence-corrected chi connectivity index (χ1v) is 5.19. The molecule has 0 bridgehead atoms. The molecule has 5 nitrogen and oxygen atoms in total. The third-order valence-electron chi connectivity index (χ3n) is 2.57. The number of hydrogen-bond donors (Lipinski definition) is 2. The second kappa shape index (κ2) is 4.51. The molecule has 0 aliphatic rings. The summed E-state index contributed by atoms with van der Waals surface area (Å²) in [4.78, 5) is 12.0. The van der Waals surface area contributed by atoms with Gasteiger partial charge in [-0.1, -0.05) is 12.1 Å². The van der Waals surface area contributed by atoms with Crippen LogP contribution in [0, 0.1) is 0 Å². The molecule has 0 fully saturated rings. The van der Waals surface area contributed by atoms with Crippen molar-refractivity contribution in [2.45, 2.75) is 13.1 Å². The molecule has 2 aromatic rings. The SMILES string of the molecule is O=c1n(CCO)c2ccccc2n1CCO. The van der Waals surface area contributed by atoms with Crippen LogP contribution in [0.1, 0.15) is 0 Å². The van der Waals surface area contributed by atoms with Gasteiger partial charge in [0.05, 0.1) is 37.3 Å². The van der Waals surface area contributed by atoms with Crippen molar-refractivity contribution in [2.75, 3.05) is 13.2 Å². The van der Waals surface area contributed by atoms with E-state index in [0.717, 1.165) is 11.0 Å². The lowest BCUT2D eigenvalue weighted by Gasteiger charge is -1.98. The third kappa shape index (κ3) is 1.64. The molecule has 0 saturated carbocycles. The zero-order valence-electron chi connectivity index (χ0n) is 8.83. The van der Waals surface area contributed by atoms with Crippen LogP contribution in [-0.4, -0.2) is 32.6 Å². The summed E-state index contributed by atoms with van der Waals surface area (Å²) in [6.45, 7) is 0.398. The fourth-order valence-electron chi connectivity index (χ4n) is 1.90. The van der Waals surface area contributed by atoms with E-state index in [1.807, 2.05) is 24.3 Å². The molecule has 1 aromatic heterocycles. The fraction of sp³-hybridized carbons (Fsp3) is 0.364. The Morgan fingerprint density at radius 2 is 1.38 bits per heavy atom. The highest BCUT2D eigenvalue weighted by atomic mass is 16.3. The summed E-state index contributed by atoms with van der Waals surface area (Å²) >= 11 is 0. The quantitative estimate of drug-likeness (QED) is 0.752. The first-order valence-electron chi connectivity index (χ1n) is 5.19. The van der Waals surface area contributed by atoms with Crippen LogP contribution in [0.15, 0.2) is 29.1 Å². The molecule has 0 unspecified atom stereocenters. The summed E-state index contributed by atoms with van der Waals surface area (Å²) in [6.07, 6.45) is 0. The minimum Gasteiger partial charge on any atom is -0.395 e. The van der Waals surface area contributed by atoms with Gasteiger partial charge in [0, 0.05) is 0 Å². The van der Waals surface area contributed by atoms with E-state index in [1.54, 1.807) is 0 Å². The van der Waals surface area contributed by atoms with Gasteiger partial charge in [0.25, 0.3) is 0 Å². The average molecular weight is 222 g/mol. The maximum absolute atomic E-state index is 12.0. The Morgan fingerprint density at radius 3 is 1.75 bits per heavy atom. The van der Waals surface area contributed by atoms with E-state index in [1.165, 1.54) is 9.13 Å². The zero-order valence-corrected chi connectivity index (χ0v) is 8.83. The zero-order chi connectivity index (χ0) is 11.5. The van der Waals surface area contributed by atoms with Crippen LogP contribution in [0.4, 0.5) is 0 Å². The lowest BCUT2D eigenvalue weighted by atomic mass is 10.3. The van der Waals surface area contributed by atoms with Crippen molar-refractivity contribution < 1.29 is 10.2 Å². The van der Waals surface area contributed by atoms with E-state index in [2.05, 4.69) is 0 Å². The number of rotatable bonds is 4. The van der Waals surface area contributed by atoms with Crippen molar-refractivity contribution in [3.8, 4) is 0 Å². The Kier molecular flexibility index (Phi) is 3.07. The van der Waals surface area contributed by atoms with Crippen molar-refractivity contribution in [1.82, 2.24) is 9.13 Å². The molecule has 16 heavy (non-hydrogen) atoms. The molecule has 0 aliphatic heterocycles. The lowest BCUT2D eigenvalue weighted by molar-refractivity contribution is 0.268. The largest absolute Gasteiger partial charge is 0.395 e. The summed E-state index contributed by atoms with van der Waals surface area (Å²) in [7, 11) is 0. The van der Waals surface area contributed by atoms with Gasteiger partial charge in [-0.2, -0.15) is 0 Å². The van der Waals surface area contributed by atoms with E-state index < -0.39 is 0 Å². The summed E-state index contributed by atoms with van der Waals surface area (Å²) in [6, 6.07) is 7.36. The minimum atomic E-state index is -0.190. The fourth-order valence-corrected chi connectivity index (χ4v) is 1.90. The molecule has 1 aromatic carbocycles. The predicted octanol–water partition coefficient (Wildman–Crippen LogP) is -0.212. The number of fused-ring (bicyclic) bond motifs is 1. The number of imidazole rings is 1. The monoisotopic (exact) mass is 222 g/mol. The van der Waals surface area contributed by atoms with Gasteiger partial charge < -0.3 is 10.2 Å². The molecule has 0 saturated heterocycles. The van der Waals surface area contributed by atoms with E-state index in [9.17, 15) is 4.79 Å². The highest BCUT2D eigenvalue weighted by Gasteiger charge is 2.11. The Morgan fingerprint density at radius 1 is 0.938 bits per heavy atom. The van der Waals surface area contributed by atoms with E-state index in [0.29, 0.717) is 0 Å². The molecule has 0 atom stereocenters. The Bertz CT molecular complexity index is 496. The van der Waals surface area contributed by atoms with Gasteiger partial charge in [-0.3, -0.25) is 9.13 Å². The first-order chi connectivity index (χ1) is 7.79. The van der Waals surface area contributed by atoms with Crippen LogP contribution in [-0.2, 0) is 13.1 Å². The molecule has 0 aliphatic carbocycles. The van der Waals surface area contributed by atoms with Crippen LogP contribution in [0.5, 0.6) is 0 Å². The van der Waals surface area contributed by atoms with E-state index >= 15 is 0 Å². The molecule has 2 rings (SSSR count). The molecule has 5 heteroatoms. The number of benzene rings is 1. The molecular formula is C11H14N2O3. The van der Waals surface area contributed by atoms with Crippen molar-refractivity contribution in [3.63, 3.8) is 0 Å². The lowest BCUT2D eigenvalue weighted by Crippen LogP contribution is -2.26. The Balaban J connectivity index is 2.70. The first kappa shape index (κ1) is 10.9. The van der Waals surface area contributed by atoms with Gasteiger partial charge in [-0.05, 0) is 12.1 Å². The molecule has 1 heterocycles. The number of nitrogens with zero attached hydrogens (tertiary/aromatic N) is 2. The smallest absolute Gasteiger partial charge is 0.329 e. The normalized spacial score (nSPS) is 11.1. The van der Waals surface area contributed by atoms with Crippen LogP contribution in [0.2, 0.25) is 0 Å². The summed E-state index contributed by atoms with van der Waals surface area (Å²) in [5, 5.41) is 17.8. The van der Waals surface area contributed by atoms with Gasteiger partial charge >= 0.3 is 5.69 Å². The molecule has 0 spiro atoms. The van der Waals surface area contributed by atoms with Crippen molar-refractivity contribution in [3.05, 3.63) is 34.7 Å². The number of aliphatic hydroxyl groups excluding tert-OH is 2. The van der Waals surface area contributed by atoms with Gasteiger partial charge in [0.15, 0.2) is 0 Å². The van der Waals surface area contributed by atoms with E-state index in [-0.39, 0.29) is 32.0 Å². The van der Waals surface area contributed by atoms with Gasteiger partial charge in [0.1, 0.15) is 0 Å². The number of para-hydroxylation sites is 2. The van der Waals surface area contributed by atoms with Crippen molar-refractivity contribution in [2.24, 2.45) is 0 Å². The maximum atomic E-state index is 12.0. The minimum absolute atomic E-state index is 0.0763. The standard InChI is InChI=1S/C11H14N2O3/c14-7-5-12-9-3-1-2-4-10(9)13(6-8-15)11(12)16/h1-4,14-15H,5-8H2. The summed E-state index contributed by atoms with van der Waals surface area (Å²) < 4.78 is 3.04. The van der Waals surface area contributed by atoms with Crippen LogP contribution in [0.3, 0.4) is 0 Å². The highest BCUT2D eigenvalue weighted by molar-refractivity contribution is 5.75. The Hall–Kier alpha value is -1.59. The van der Waals surface area contributed by atoms with Crippen LogP contribution >= 0.6 is 0 Å². The molecule has 0 amide bonds. The third-order valence-corrected chi connectivity index (χ3v) is 2.57. The Labute approximate surface area is 92.2 Å². The number of hydrogen-bond acceptors (Lipinski definition) is 3. The average Bonchev–Trinajstić information content (AvgIpc) is 2.56. The molecular weight excluding hydrogens is 208 g/mol. The summed E-state index contributed by atoms with van der Waals surface area (Å²) in [5.74, 6) is 0. The van der Waals surface area contributed by atoms with E-state index in [4.69, 9.17) is 10.2 Å². The topological polar surface area (TPSA) is 67.4 Å². The summed E-state index contributed by atoms with van der Waals surface area (Å²) in [5.41, 5.74) is 1.38. The molecule has 86 valence electrons. The number of aliphatic hydroxyl groups is 2. The molecule has 0 radical (unpaired) electrons. The second-order valence-corrected chi connectivity index (χ2v) is 3.52. The maximum Gasteiger partial charge on any atom is 0.329 e. The highest BCUT2D eigenvalue weighted by Crippen LogP contribution is 2.12. The van der Waals surface area contributed by atoms with Crippen molar-refractivity contribution in [1.29, 1.82) is 0 Å². The van der Waals surface area contributed by atoms with Crippen molar-refractivity contribution >= 4 is 11.0 Å². The van der Waals surface area contributed by atoms with Crippen LogP contribution < -0.4 is 5.69 Å². The van der Waals surface area contributed by atoms with Gasteiger partial charge in [-0.25, -0.2) is 4.79 Å².